The minimum absolute atomic E-state index is 0.832. The number of rotatable bonds is 1. The first-order valence-electron chi connectivity index (χ1n) is 7.27. The van der Waals surface area contributed by atoms with E-state index in [9.17, 15) is 0 Å². The molecule has 2 aromatic rings. The summed E-state index contributed by atoms with van der Waals surface area (Å²) in [5.74, 6) is 1.69. The van der Waals surface area contributed by atoms with Crippen LogP contribution in [0.15, 0.2) is 24.3 Å². The van der Waals surface area contributed by atoms with Crippen molar-refractivity contribution in [3.05, 3.63) is 46.5 Å². The van der Waals surface area contributed by atoms with Gasteiger partial charge in [0, 0.05) is 0 Å². The number of aryl methyl sites for hydroxylation is 1. The first-order valence-corrected chi connectivity index (χ1v) is 7.27. The van der Waals surface area contributed by atoms with Crippen molar-refractivity contribution in [2.75, 3.05) is 0 Å². The summed E-state index contributed by atoms with van der Waals surface area (Å²) in [6, 6.07) is 9.60. The molecule has 2 aromatic carbocycles. The molecule has 0 aromatic heterocycles. The van der Waals surface area contributed by atoms with Crippen molar-refractivity contribution in [2.45, 2.75) is 45.4 Å². The van der Waals surface area contributed by atoms with Gasteiger partial charge >= 0.3 is 0 Å². The highest BCUT2D eigenvalue weighted by atomic mass is 14.3. The van der Waals surface area contributed by atoms with E-state index in [-0.39, 0.29) is 0 Å². The molecule has 1 atom stereocenters. The number of hydrogen-bond acceptors (Lipinski definition) is 0. The lowest BCUT2D eigenvalue weighted by molar-refractivity contribution is 0.627. The van der Waals surface area contributed by atoms with Gasteiger partial charge in [-0.05, 0) is 77.5 Å². The summed E-state index contributed by atoms with van der Waals surface area (Å²) in [4.78, 5) is 0. The van der Waals surface area contributed by atoms with Crippen LogP contribution in [0.2, 0.25) is 0 Å². The van der Waals surface area contributed by atoms with E-state index in [4.69, 9.17) is 0 Å². The first kappa shape index (κ1) is 10.6. The molecule has 0 aliphatic heterocycles. The van der Waals surface area contributed by atoms with Crippen LogP contribution in [0.1, 0.15) is 47.9 Å². The van der Waals surface area contributed by atoms with Gasteiger partial charge in [-0.3, -0.25) is 0 Å². The minimum Gasteiger partial charge on any atom is -0.0619 e. The molecule has 0 radical (unpaired) electrons. The molecular weight excluding hydrogens is 216 g/mol. The van der Waals surface area contributed by atoms with Gasteiger partial charge in [0.1, 0.15) is 0 Å². The van der Waals surface area contributed by atoms with Gasteiger partial charge < -0.3 is 0 Å². The van der Waals surface area contributed by atoms with E-state index in [0.717, 1.165) is 11.8 Å². The van der Waals surface area contributed by atoms with Crippen LogP contribution in [-0.4, -0.2) is 0 Å². The molecule has 4 rings (SSSR count). The molecule has 0 N–H and O–H groups in total. The fourth-order valence-corrected chi connectivity index (χ4v) is 3.64. The summed E-state index contributed by atoms with van der Waals surface area (Å²) in [6.07, 6.45) is 5.35. The molecule has 18 heavy (non-hydrogen) atoms. The Labute approximate surface area is 109 Å². The lowest BCUT2D eigenvalue weighted by Gasteiger charge is -2.10. The molecule has 1 saturated carbocycles. The molecule has 0 spiro atoms. The second-order valence-corrected chi connectivity index (χ2v) is 6.41. The quantitative estimate of drug-likeness (QED) is 0.669. The van der Waals surface area contributed by atoms with Gasteiger partial charge in [0.05, 0.1) is 0 Å². The van der Waals surface area contributed by atoms with E-state index in [1.165, 1.54) is 36.5 Å². The van der Waals surface area contributed by atoms with Gasteiger partial charge in [-0.25, -0.2) is 0 Å². The van der Waals surface area contributed by atoms with E-state index in [0.29, 0.717) is 0 Å². The maximum absolute atomic E-state index is 2.46. The largest absolute Gasteiger partial charge is 0.0619 e. The molecule has 92 valence electrons. The zero-order valence-corrected chi connectivity index (χ0v) is 11.3. The summed E-state index contributed by atoms with van der Waals surface area (Å²) in [7, 11) is 0. The van der Waals surface area contributed by atoms with Crippen molar-refractivity contribution in [2.24, 2.45) is 5.92 Å². The van der Waals surface area contributed by atoms with Gasteiger partial charge in [0.25, 0.3) is 0 Å². The van der Waals surface area contributed by atoms with Crippen LogP contribution in [0, 0.1) is 12.8 Å². The third-order valence-corrected chi connectivity index (χ3v) is 4.82. The van der Waals surface area contributed by atoms with E-state index in [1.807, 2.05) is 0 Å². The summed E-state index contributed by atoms with van der Waals surface area (Å²) in [5.41, 5.74) is 6.36. The second-order valence-electron chi connectivity index (χ2n) is 6.41. The predicted octanol–water partition coefficient (Wildman–Crippen LogP) is 4.76. The topological polar surface area (TPSA) is 0 Å². The van der Waals surface area contributed by atoms with Crippen LogP contribution in [0.4, 0.5) is 0 Å². The van der Waals surface area contributed by atoms with Gasteiger partial charge in [0.2, 0.25) is 0 Å². The Morgan fingerprint density at radius 3 is 2.67 bits per heavy atom. The van der Waals surface area contributed by atoms with Crippen LogP contribution in [0.25, 0.3) is 10.8 Å². The average molecular weight is 236 g/mol. The summed E-state index contributed by atoms with van der Waals surface area (Å²) < 4.78 is 0. The lowest BCUT2D eigenvalue weighted by atomic mass is 9.94. The summed E-state index contributed by atoms with van der Waals surface area (Å²) in [5, 5.41) is 2.96. The van der Waals surface area contributed by atoms with Crippen molar-refractivity contribution in [3.8, 4) is 0 Å². The average Bonchev–Trinajstić information content (AvgIpc) is 3.13. The smallest absolute Gasteiger partial charge is 0.0149 e. The fourth-order valence-electron chi connectivity index (χ4n) is 3.64. The van der Waals surface area contributed by atoms with Crippen molar-refractivity contribution in [1.29, 1.82) is 0 Å². The Morgan fingerprint density at radius 2 is 1.89 bits per heavy atom. The van der Waals surface area contributed by atoms with Crippen LogP contribution in [0.3, 0.4) is 0 Å². The molecule has 1 fully saturated rings. The predicted molar refractivity (Wildman–Crippen MR) is 77.2 cm³/mol. The maximum atomic E-state index is 2.46. The van der Waals surface area contributed by atoms with Crippen molar-refractivity contribution < 1.29 is 0 Å². The van der Waals surface area contributed by atoms with E-state index in [1.54, 1.807) is 22.3 Å². The third-order valence-electron chi connectivity index (χ3n) is 4.82. The van der Waals surface area contributed by atoms with E-state index >= 15 is 0 Å². The molecule has 0 bridgehead atoms. The van der Waals surface area contributed by atoms with Gasteiger partial charge in [-0.2, -0.15) is 0 Å². The Morgan fingerprint density at radius 1 is 1.06 bits per heavy atom. The second kappa shape index (κ2) is 3.60. The maximum Gasteiger partial charge on any atom is -0.0149 e. The van der Waals surface area contributed by atoms with Crippen LogP contribution in [0.5, 0.6) is 0 Å². The fraction of sp³-hybridized carbons (Fsp3) is 0.444. The Balaban J connectivity index is 1.95. The van der Waals surface area contributed by atoms with E-state index in [2.05, 4.69) is 38.1 Å². The third kappa shape index (κ3) is 1.51. The molecule has 0 nitrogen and oxygen atoms in total. The van der Waals surface area contributed by atoms with Gasteiger partial charge in [-0.15, -0.1) is 0 Å². The highest BCUT2D eigenvalue weighted by Crippen LogP contribution is 2.42. The molecule has 2 aliphatic carbocycles. The minimum atomic E-state index is 0.832. The van der Waals surface area contributed by atoms with Crippen molar-refractivity contribution in [3.63, 3.8) is 0 Å². The zero-order valence-electron chi connectivity index (χ0n) is 11.3. The summed E-state index contributed by atoms with van der Waals surface area (Å²) in [6.45, 7) is 4.70. The standard InChI is InChI=1S/C18H20/c1-11-7-16-9-15-6-5-14(13-3-4-13)10-18(15)12(2)17(16)8-11/h5-6,9-11,13H,3-4,7-8H2,1-2H3/t11-/m1/s1. The van der Waals surface area contributed by atoms with Crippen molar-refractivity contribution in [1.82, 2.24) is 0 Å². The molecular formula is C18H20. The molecule has 0 heteroatoms. The van der Waals surface area contributed by atoms with E-state index < -0.39 is 0 Å². The Kier molecular flexibility index (Phi) is 2.12. The number of benzene rings is 2. The van der Waals surface area contributed by atoms with Crippen LogP contribution in [-0.2, 0) is 12.8 Å². The Hall–Kier alpha value is -1.30. The van der Waals surface area contributed by atoms with Crippen LogP contribution >= 0.6 is 0 Å². The zero-order chi connectivity index (χ0) is 12.3. The first-order chi connectivity index (χ1) is 8.72. The molecule has 0 heterocycles. The number of fused-ring (bicyclic) bond motifs is 2. The SMILES string of the molecule is Cc1c2c(cc3ccc(C4CC4)cc13)C[C@@H](C)C2. The number of hydrogen-bond donors (Lipinski definition) is 0. The van der Waals surface area contributed by atoms with Gasteiger partial charge in [-0.1, -0.05) is 31.2 Å². The highest BCUT2D eigenvalue weighted by molar-refractivity contribution is 5.88. The molecule has 0 amide bonds. The monoisotopic (exact) mass is 236 g/mol. The molecule has 0 saturated heterocycles. The molecule has 2 aliphatic rings. The lowest BCUT2D eigenvalue weighted by Crippen LogP contribution is -1.92. The van der Waals surface area contributed by atoms with Crippen LogP contribution < -0.4 is 0 Å². The molecule has 0 unspecified atom stereocenters. The van der Waals surface area contributed by atoms with Crippen molar-refractivity contribution >= 4 is 10.8 Å². The summed E-state index contributed by atoms with van der Waals surface area (Å²) >= 11 is 0. The normalized spacial score (nSPS) is 22.4. The highest BCUT2D eigenvalue weighted by Gasteiger charge is 2.25. The van der Waals surface area contributed by atoms with Gasteiger partial charge in [0.15, 0.2) is 0 Å². The Bertz CT molecular complexity index is 632.